The van der Waals surface area contributed by atoms with Crippen molar-refractivity contribution in [3.05, 3.63) is 16.6 Å². The van der Waals surface area contributed by atoms with E-state index in [0.717, 1.165) is 11.3 Å². The predicted octanol–water partition coefficient (Wildman–Crippen LogP) is 1.41. The Morgan fingerprint density at radius 1 is 1.40 bits per heavy atom. The van der Waals surface area contributed by atoms with Crippen LogP contribution in [0.2, 0.25) is 0 Å². The fourth-order valence-corrected chi connectivity index (χ4v) is 1.96. The second-order valence-electron chi connectivity index (χ2n) is 3.11. The first-order valence-electron chi connectivity index (χ1n) is 5.14. The van der Waals surface area contributed by atoms with Crippen molar-refractivity contribution in [2.75, 3.05) is 13.2 Å². The smallest absolute Gasteiger partial charge is 0.172 e. The van der Waals surface area contributed by atoms with Gasteiger partial charge in [0.25, 0.3) is 0 Å². The first kappa shape index (κ1) is 12.6. The lowest BCUT2D eigenvalue weighted by Crippen LogP contribution is -2.40. The first-order chi connectivity index (χ1) is 7.27. The number of rotatable bonds is 7. The minimum Gasteiger partial charge on any atom is -0.351 e. The molecule has 0 saturated carbocycles. The highest BCUT2D eigenvalue weighted by Crippen LogP contribution is 2.11. The maximum atomic E-state index is 6.01. The van der Waals surface area contributed by atoms with Gasteiger partial charge in [0.2, 0.25) is 0 Å². The van der Waals surface area contributed by atoms with E-state index in [2.05, 4.69) is 4.98 Å². The van der Waals surface area contributed by atoms with E-state index >= 15 is 0 Å². The summed E-state index contributed by atoms with van der Waals surface area (Å²) >= 11 is 1.60. The molecule has 1 heterocycles. The van der Waals surface area contributed by atoms with Crippen LogP contribution in [0.15, 0.2) is 11.7 Å². The largest absolute Gasteiger partial charge is 0.351 e. The van der Waals surface area contributed by atoms with E-state index in [-0.39, 0.29) is 12.3 Å². The topological polar surface area (TPSA) is 57.4 Å². The quantitative estimate of drug-likeness (QED) is 0.720. The molecule has 0 aliphatic rings. The maximum absolute atomic E-state index is 6.01. The van der Waals surface area contributed by atoms with Gasteiger partial charge in [-0.05, 0) is 13.8 Å². The fraction of sp³-hybridized carbons (Fsp3) is 0.700. The second kappa shape index (κ2) is 6.90. The molecule has 0 aliphatic carbocycles. The van der Waals surface area contributed by atoms with Crippen LogP contribution in [0, 0.1) is 0 Å². The third-order valence-corrected chi connectivity index (χ3v) is 2.73. The van der Waals surface area contributed by atoms with Crippen molar-refractivity contribution in [1.29, 1.82) is 0 Å². The highest BCUT2D eigenvalue weighted by Gasteiger charge is 2.18. The van der Waals surface area contributed by atoms with Crippen LogP contribution in [0.25, 0.3) is 0 Å². The lowest BCUT2D eigenvalue weighted by molar-refractivity contribution is -0.147. The molecule has 15 heavy (non-hydrogen) atoms. The van der Waals surface area contributed by atoms with Crippen LogP contribution in [0.5, 0.6) is 0 Å². The zero-order valence-corrected chi connectivity index (χ0v) is 10.00. The van der Waals surface area contributed by atoms with Crippen LogP contribution in [0.3, 0.4) is 0 Å². The van der Waals surface area contributed by atoms with Gasteiger partial charge in [0, 0.05) is 30.7 Å². The molecule has 1 atom stereocenters. The third kappa shape index (κ3) is 4.25. The molecule has 0 saturated heterocycles. The average Bonchev–Trinajstić information content (AvgIpc) is 2.70. The molecule has 0 amide bonds. The van der Waals surface area contributed by atoms with Crippen molar-refractivity contribution < 1.29 is 9.47 Å². The Kier molecular flexibility index (Phi) is 5.78. The van der Waals surface area contributed by atoms with Gasteiger partial charge in [0.05, 0.1) is 11.6 Å². The van der Waals surface area contributed by atoms with Crippen molar-refractivity contribution in [1.82, 2.24) is 4.98 Å². The second-order valence-corrected chi connectivity index (χ2v) is 4.09. The first-order valence-corrected chi connectivity index (χ1v) is 6.02. The highest BCUT2D eigenvalue weighted by molar-refractivity contribution is 7.09. The van der Waals surface area contributed by atoms with Crippen molar-refractivity contribution >= 4 is 11.3 Å². The van der Waals surface area contributed by atoms with Gasteiger partial charge < -0.3 is 15.2 Å². The van der Waals surface area contributed by atoms with Crippen molar-refractivity contribution in [2.24, 2.45) is 5.73 Å². The summed E-state index contributed by atoms with van der Waals surface area (Å²) in [6, 6.07) is -0.134. The zero-order chi connectivity index (χ0) is 11.1. The summed E-state index contributed by atoms with van der Waals surface area (Å²) in [4.78, 5) is 5.17. The molecule has 0 fully saturated rings. The Morgan fingerprint density at radius 3 is 2.53 bits per heavy atom. The van der Waals surface area contributed by atoms with E-state index in [1.54, 1.807) is 16.8 Å². The molecule has 0 radical (unpaired) electrons. The Balaban J connectivity index is 2.44. The van der Waals surface area contributed by atoms with Crippen LogP contribution in [0.4, 0.5) is 0 Å². The zero-order valence-electron chi connectivity index (χ0n) is 9.18. The van der Waals surface area contributed by atoms with Crippen molar-refractivity contribution in [3.8, 4) is 0 Å². The predicted molar refractivity (Wildman–Crippen MR) is 60.8 cm³/mol. The summed E-state index contributed by atoms with van der Waals surface area (Å²) in [5.41, 5.74) is 7.81. The average molecular weight is 230 g/mol. The molecular formula is C10H18N2O2S. The van der Waals surface area contributed by atoms with Gasteiger partial charge in [-0.3, -0.25) is 4.98 Å². The molecule has 1 aromatic heterocycles. The van der Waals surface area contributed by atoms with E-state index in [4.69, 9.17) is 15.2 Å². The maximum Gasteiger partial charge on any atom is 0.172 e. The Morgan fingerprint density at radius 2 is 2.07 bits per heavy atom. The molecule has 0 bridgehead atoms. The summed E-state index contributed by atoms with van der Waals surface area (Å²) in [6.07, 6.45) is 2.26. The lowest BCUT2D eigenvalue weighted by Gasteiger charge is -2.22. The van der Waals surface area contributed by atoms with E-state index in [0.29, 0.717) is 13.2 Å². The van der Waals surface area contributed by atoms with Crippen LogP contribution in [-0.4, -0.2) is 30.5 Å². The highest BCUT2D eigenvalue weighted by atomic mass is 32.1. The lowest BCUT2D eigenvalue weighted by atomic mass is 10.2. The van der Waals surface area contributed by atoms with Gasteiger partial charge in [0.1, 0.15) is 0 Å². The van der Waals surface area contributed by atoms with Gasteiger partial charge in [0.15, 0.2) is 6.29 Å². The Bertz CT molecular complexity index is 248. The van der Waals surface area contributed by atoms with Crippen molar-refractivity contribution in [3.63, 3.8) is 0 Å². The summed E-state index contributed by atoms with van der Waals surface area (Å²) in [6.45, 7) is 5.10. The molecule has 0 aliphatic heterocycles. The number of hydrogen-bond donors (Lipinski definition) is 1. The number of hydrogen-bond acceptors (Lipinski definition) is 5. The van der Waals surface area contributed by atoms with Crippen LogP contribution < -0.4 is 5.73 Å². The third-order valence-electron chi connectivity index (χ3n) is 1.93. The number of ether oxygens (including phenoxy) is 2. The van der Waals surface area contributed by atoms with Gasteiger partial charge in [-0.15, -0.1) is 11.3 Å². The van der Waals surface area contributed by atoms with Gasteiger partial charge in [-0.25, -0.2) is 0 Å². The number of thiazole rings is 1. The number of aromatic nitrogens is 1. The molecule has 0 aromatic carbocycles. The Labute approximate surface area is 94.4 Å². The summed E-state index contributed by atoms with van der Waals surface area (Å²) in [5, 5.41) is 0. The number of nitrogens with zero attached hydrogens (tertiary/aromatic N) is 1. The standard InChI is InChI=1S/C10H18N2O2S/c1-3-13-10(14-4-2)9(11)5-8-6-12-7-15-8/h6-7,9-10H,3-5,11H2,1-2H3. The minimum atomic E-state index is -0.318. The fourth-order valence-electron chi connectivity index (χ4n) is 1.30. The summed E-state index contributed by atoms with van der Waals surface area (Å²) in [5.74, 6) is 0. The Hall–Kier alpha value is -0.490. The molecule has 1 aromatic rings. The molecule has 86 valence electrons. The molecule has 1 unspecified atom stereocenters. The molecular weight excluding hydrogens is 212 g/mol. The molecule has 4 nitrogen and oxygen atoms in total. The summed E-state index contributed by atoms with van der Waals surface area (Å²) < 4.78 is 10.9. The van der Waals surface area contributed by atoms with E-state index in [9.17, 15) is 0 Å². The molecule has 0 spiro atoms. The minimum absolute atomic E-state index is 0.134. The van der Waals surface area contributed by atoms with Crippen LogP contribution in [-0.2, 0) is 15.9 Å². The number of nitrogens with two attached hydrogens (primary N) is 1. The van der Waals surface area contributed by atoms with Crippen LogP contribution in [0.1, 0.15) is 18.7 Å². The van der Waals surface area contributed by atoms with Crippen LogP contribution >= 0.6 is 11.3 Å². The van der Waals surface area contributed by atoms with Crippen molar-refractivity contribution in [2.45, 2.75) is 32.6 Å². The van der Waals surface area contributed by atoms with Gasteiger partial charge >= 0.3 is 0 Å². The molecule has 1 rings (SSSR count). The van der Waals surface area contributed by atoms with E-state index in [1.165, 1.54) is 0 Å². The van der Waals surface area contributed by atoms with Gasteiger partial charge in [-0.2, -0.15) is 0 Å². The molecule has 2 N–H and O–H groups in total. The van der Waals surface area contributed by atoms with E-state index < -0.39 is 0 Å². The molecule has 5 heteroatoms. The van der Waals surface area contributed by atoms with E-state index in [1.807, 2.05) is 20.0 Å². The SMILES string of the molecule is CCOC(OCC)C(N)Cc1cncs1. The summed E-state index contributed by atoms with van der Waals surface area (Å²) in [7, 11) is 0. The van der Waals surface area contributed by atoms with Gasteiger partial charge in [-0.1, -0.05) is 0 Å². The monoisotopic (exact) mass is 230 g/mol. The normalized spacial score (nSPS) is 13.3.